The van der Waals surface area contributed by atoms with Crippen LogP contribution in [-0.4, -0.2) is 17.6 Å². The number of fused-ring (bicyclic) bond motifs is 4. The zero-order chi connectivity index (χ0) is 42.5. The number of rotatable bonds is 8. The lowest BCUT2D eigenvalue weighted by atomic mass is 9.90. The van der Waals surface area contributed by atoms with E-state index in [2.05, 4.69) is 226 Å². The molecule has 61 heavy (non-hydrogen) atoms. The lowest BCUT2D eigenvalue weighted by Gasteiger charge is -2.26. The van der Waals surface area contributed by atoms with Crippen molar-refractivity contribution in [3.05, 3.63) is 191 Å². The molecule has 10 aromatic rings. The van der Waals surface area contributed by atoms with E-state index in [-0.39, 0.29) is 8.96 Å². The Morgan fingerprint density at radius 3 is 1.36 bits per heavy atom. The third kappa shape index (κ3) is 7.33. The second kappa shape index (κ2) is 16.4. The van der Waals surface area contributed by atoms with Crippen LogP contribution >= 0.6 is 17.4 Å². The van der Waals surface area contributed by atoms with Crippen LogP contribution in [0, 0.1) is 55.4 Å². The summed E-state index contributed by atoms with van der Waals surface area (Å²) in [6, 6.07) is 42.9. The fraction of sp³-hybridized carbons (Fsp3) is 0.170. The third-order valence-corrected chi connectivity index (χ3v) is 14.9. The largest absolute Gasteiger partial charge is 0.455 e. The molecule has 0 aliphatic rings. The first-order chi connectivity index (χ1) is 29.5. The van der Waals surface area contributed by atoms with Gasteiger partial charge in [-0.05, 0) is 136 Å². The van der Waals surface area contributed by atoms with Crippen LogP contribution in [0.1, 0.15) is 44.5 Å². The second-order valence-corrected chi connectivity index (χ2v) is 18.7. The number of nitrogens with zero attached hydrogens (tertiary/aromatic N) is 4. The maximum absolute atomic E-state index is 7.46. The minimum atomic E-state index is -1.41. The number of para-hydroxylation sites is 4. The maximum atomic E-state index is 7.46. The summed E-state index contributed by atoms with van der Waals surface area (Å²) in [7, 11) is 0.755. The Balaban J connectivity index is 0.000000374. The first-order valence-corrected chi connectivity index (χ1v) is 22.8. The smallest absolute Gasteiger partial charge is 0.318 e. The van der Waals surface area contributed by atoms with Gasteiger partial charge in [-0.25, -0.2) is 0 Å². The summed E-state index contributed by atoms with van der Waals surface area (Å²) in [6.45, 7) is 17.4. The molecule has 0 radical (unpaired) electrons. The highest BCUT2D eigenvalue weighted by Gasteiger charge is 2.27. The predicted octanol–water partition coefficient (Wildman–Crippen LogP) is 15.0. The van der Waals surface area contributed by atoms with E-state index >= 15 is 0 Å². The third-order valence-electron chi connectivity index (χ3n) is 12.2. The molecule has 10 rings (SSSR count). The molecule has 0 N–H and O–H groups in total. The van der Waals surface area contributed by atoms with Gasteiger partial charge in [0.25, 0.3) is 0 Å². The van der Waals surface area contributed by atoms with E-state index in [4.69, 9.17) is 9.05 Å². The molecule has 0 aliphatic heterocycles. The van der Waals surface area contributed by atoms with E-state index in [0.29, 0.717) is 0 Å². The van der Waals surface area contributed by atoms with Crippen molar-refractivity contribution in [1.29, 1.82) is 0 Å². The van der Waals surface area contributed by atoms with Crippen molar-refractivity contribution in [2.75, 3.05) is 0 Å². The van der Waals surface area contributed by atoms with Crippen LogP contribution in [-0.2, 0) is 7.05 Å². The molecule has 1 atom stereocenters. The zero-order valence-corrected chi connectivity index (χ0v) is 38.3. The van der Waals surface area contributed by atoms with E-state index in [1.807, 2.05) is 0 Å². The van der Waals surface area contributed by atoms with Crippen molar-refractivity contribution in [2.45, 2.75) is 55.4 Å². The molecule has 0 saturated heterocycles. The average Bonchev–Trinajstić information content (AvgIpc) is 3.99. The van der Waals surface area contributed by atoms with Gasteiger partial charge < -0.3 is 13.6 Å². The molecule has 0 bridgehead atoms. The van der Waals surface area contributed by atoms with Crippen LogP contribution in [0.4, 0.5) is 0 Å². The van der Waals surface area contributed by atoms with Crippen molar-refractivity contribution in [3.8, 4) is 22.6 Å². The van der Waals surface area contributed by atoms with Crippen LogP contribution in [0.5, 0.6) is 11.5 Å². The van der Waals surface area contributed by atoms with Crippen LogP contribution in [0.2, 0.25) is 0 Å². The molecule has 1 unspecified atom stereocenters. The summed E-state index contributed by atoms with van der Waals surface area (Å²) in [5.41, 5.74) is 16.8. The molecule has 0 spiro atoms. The van der Waals surface area contributed by atoms with Gasteiger partial charge in [-0.3, -0.25) is 13.0 Å². The molecular weight excluding hydrogens is 787 g/mol. The highest BCUT2D eigenvalue weighted by molar-refractivity contribution is 7.50. The zero-order valence-electron chi connectivity index (χ0n) is 36.4. The SMILES string of the molecule is Cc1ccc(OPn2cc(C)c3ccccc32)c(-c2c(OP(n3cc(C)c4ccccc43)n3cc(C)c4ccccc43)ccc(C)c2C)c1C.Cc1cn(C)c2ccccc12. The minimum Gasteiger partial charge on any atom is -0.455 e. The Kier molecular flexibility index (Phi) is 10.9. The summed E-state index contributed by atoms with van der Waals surface area (Å²) in [4.78, 5) is 0. The molecule has 4 heterocycles. The van der Waals surface area contributed by atoms with Gasteiger partial charge in [0, 0.05) is 70.0 Å². The van der Waals surface area contributed by atoms with Crippen molar-refractivity contribution in [2.24, 2.45) is 7.05 Å². The van der Waals surface area contributed by atoms with E-state index in [9.17, 15) is 0 Å². The molecule has 6 nitrogen and oxygen atoms in total. The monoisotopic (exact) mass is 838 g/mol. The van der Waals surface area contributed by atoms with Crippen LogP contribution < -0.4 is 9.05 Å². The Bertz CT molecular complexity index is 3140. The number of benzene rings is 6. The van der Waals surface area contributed by atoms with Crippen molar-refractivity contribution in [1.82, 2.24) is 17.6 Å². The fourth-order valence-corrected chi connectivity index (χ4v) is 11.5. The van der Waals surface area contributed by atoms with Crippen molar-refractivity contribution >= 4 is 61.0 Å². The first kappa shape index (κ1) is 40.4. The average molecular weight is 839 g/mol. The van der Waals surface area contributed by atoms with Gasteiger partial charge >= 0.3 is 8.45 Å². The van der Waals surface area contributed by atoms with Gasteiger partial charge in [-0.2, -0.15) is 0 Å². The van der Waals surface area contributed by atoms with Crippen LogP contribution in [0.3, 0.4) is 0 Å². The fourth-order valence-electron chi connectivity index (χ4n) is 8.65. The Morgan fingerprint density at radius 2 is 0.820 bits per heavy atom. The topological polar surface area (TPSA) is 38.2 Å². The molecule has 4 aromatic heterocycles. The lowest BCUT2D eigenvalue weighted by molar-refractivity contribution is 0.594. The second-order valence-electron chi connectivity index (χ2n) is 16.3. The number of aryl methyl sites for hydroxylation is 7. The molecule has 306 valence electrons. The highest BCUT2D eigenvalue weighted by Crippen LogP contribution is 2.52. The standard InChI is InChI=1S/C43H41N3O2P2.C10H11N/c1-27-20-22-40(47-49-44-24-29(3)34-14-8-11-17-37(34)44)42(32(27)6)43-33(7)28(2)21-23-41(43)48-50(45-25-30(4)35-15-9-12-18-38(35)45)46-26-31(5)36-16-10-13-19-39(36)46;1-8-7-11(2)10-6-4-3-5-9(8)10/h8-26,49H,1-7H3;3-7H,1-2H3. The van der Waals surface area contributed by atoms with E-state index < -0.39 is 8.45 Å². The number of hydrogen-bond donors (Lipinski definition) is 0. The summed E-state index contributed by atoms with van der Waals surface area (Å²) < 4.78 is 23.3. The van der Waals surface area contributed by atoms with Crippen molar-refractivity contribution < 1.29 is 9.05 Å². The maximum Gasteiger partial charge on any atom is 0.318 e. The van der Waals surface area contributed by atoms with Gasteiger partial charge in [0.1, 0.15) is 11.5 Å². The Morgan fingerprint density at radius 1 is 0.410 bits per heavy atom. The normalized spacial score (nSPS) is 11.8. The molecule has 0 fully saturated rings. The summed E-state index contributed by atoms with van der Waals surface area (Å²) in [5.74, 6) is 1.70. The molecule has 0 amide bonds. The van der Waals surface area contributed by atoms with Gasteiger partial charge in [0.05, 0.1) is 16.6 Å². The molecule has 8 heteroatoms. The molecular formula is C53H52N4O2P2. The molecule has 0 aliphatic carbocycles. The predicted molar refractivity (Wildman–Crippen MR) is 261 cm³/mol. The lowest BCUT2D eigenvalue weighted by Crippen LogP contribution is -2.07. The molecule has 6 aromatic carbocycles. The van der Waals surface area contributed by atoms with E-state index in [1.165, 1.54) is 77.1 Å². The minimum absolute atomic E-state index is 0.0879. The quantitative estimate of drug-likeness (QED) is 0.143. The molecule has 0 saturated carbocycles. The van der Waals surface area contributed by atoms with Gasteiger partial charge in [-0.1, -0.05) is 84.9 Å². The van der Waals surface area contributed by atoms with E-state index in [0.717, 1.165) is 33.7 Å². The van der Waals surface area contributed by atoms with Gasteiger partial charge in [0.2, 0.25) is 0 Å². The van der Waals surface area contributed by atoms with Crippen LogP contribution in [0.15, 0.2) is 146 Å². The highest BCUT2D eigenvalue weighted by atomic mass is 31.2. The van der Waals surface area contributed by atoms with Gasteiger partial charge in [0.15, 0.2) is 8.96 Å². The van der Waals surface area contributed by atoms with Crippen LogP contribution in [0.25, 0.3) is 54.7 Å². The summed E-state index contributed by atoms with van der Waals surface area (Å²) in [6.07, 6.45) is 8.84. The number of hydrogen-bond acceptors (Lipinski definition) is 2. The van der Waals surface area contributed by atoms with Crippen molar-refractivity contribution in [3.63, 3.8) is 0 Å². The van der Waals surface area contributed by atoms with Gasteiger partial charge in [-0.15, -0.1) is 0 Å². The Hall–Kier alpha value is -6.06. The summed E-state index contributed by atoms with van der Waals surface area (Å²) >= 11 is 0. The Labute approximate surface area is 361 Å². The van der Waals surface area contributed by atoms with E-state index in [1.54, 1.807) is 0 Å². The first-order valence-electron chi connectivity index (χ1n) is 20.8. The summed E-state index contributed by atoms with van der Waals surface area (Å²) in [5, 5.41) is 5.07. The number of aromatic nitrogens is 4.